The Hall–Kier alpha value is -2.88. The van der Waals surface area contributed by atoms with E-state index in [0.717, 1.165) is 33.7 Å². The molecule has 0 saturated heterocycles. The molecule has 4 aromatic rings. The van der Waals surface area contributed by atoms with Crippen LogP contribution in [0.3, 0.4) is 0 Å². The molecule has 4 heteroatoms. The van der Waals surface area contributed by atoms with Crippen molar-refractivity contribution in [2.75, 3.05) is 7.11 Å². The lowest BCUT2D eigenvalue weighted by Gasteiger charge is -2.08. The van der Waals surface area contributed by atoms with E-state index in [-0.39, 0.29) is 0 Å². The first-order chi connectivity index (χ1) is 10.4. The van der Waals surface area contributed by atoms with Gasteiger partial charge in [0.2, 0.25) is 0 Å². The topological polar surface area (TPSA) is 39.4 Å². The Labute approximate surface area is 121 Å². The standard InChI is InChI=1S/C17H13N3O/c1-21-15-9-5-3-7-13(15)17-19-18-16-11-10-12-6-2-4-8-14(12)20(16)17/h2-11H,1H3. The third-order valence-corrected chi connectivity index (χ3v) is 3.63. The fourth-order valence-electron chi connectivity index (χ4n) is 2.64. The molecule has 0 N–H and O–H groups in total. The van der Waals surface area contributed by atoms with E-state index >= 15 is 0 Å². The van der Waals surface area contributed by atoms with Crippen molar-refractivity contribution in [3.05, 3.63) is 60.7 Å². The van der Waals surface area contributed by atoms with Gasteiger partial charge in [-0.25, -0.2) is 0 Å². The lowest BCUT2D eigenvalue weighted by Crippen LogP contribution is -1.94. The van der Waals surface area contributed by atoms with Crippen LogP contribution in [0.4, 0.5) is 0 Å². The maximum absolute atomic E-state index is 5.45. The van der Waals surface area contributed by atoms with E-state index in [4.69, 9.17) is 4.74 Å². The molecule has 0 radical (unpaired) electrons. The van der Waals surface area contributed by atoms with Crippen LogP contribution in [0.25, 0.3) is 27.9 Å². The van der Waals surface area contributed by atoms with E-state index < -0.39 is 0 Å². The zero-order chi connectivity index (χ0) is 14.2. The van der Waals surface area contributed by atoms with Gasteiger partial charge in [0.25, 0.3) is 0 Å². The third-order valence-electron chi connectivity index (χ3n) is 3.63. The fraction of sp³-hybridized carbons (Fsp3) is 0.0588. The van der Waals surface area contributed by atoms with Gasteiger partial charge in [-0.05, 0) is 35.7 Å². The largest absolute Gasteiger partial charge is 0.496 e. The molecule has 2 heterocycles. The fourth-order valence-corrected chi connectivity index (χ4v) is 2.64. The number of pyridine rings is 1. The maximum Gasteiger partial charge on any atom is 0.172 e. The summed E-state index contributed by atoms with van der Waals surface area (Å²) >= 11 is 0. The van der Waals surface area contributed by atoms with Gasteiger partial charge in [-0.3, -0.25) is 4.40 Å². The molecule has 0 atom stereocenters. The Bertz CT molecular complexity index is 943. The minimum Gasteiger partial charge on any atom is -0.496 e. The Morgan fingerprint density at radius 2 is 1.67 bits per heavy atom. The Balaban J connectivity index is 2.12. The van der Waals surface area contributed by atoms with Crippen LogP contribution < -0.4 is 4.74 Å². The van der Waals surface area contributed by atoms with E-state index in [9.17, 15) is 0 Å². The maximum atomic E-state index is 5.45. The number of hydrogen-bond donors (Lipinski definition) is 0. The van der Waals surface area contributed by atoms with Crippen LogP contribution in [0.1, 0.15) is 0 Å². The number of hydrogen-bond acceptors (Lipinski definition) is 3. The predicted molar refractivity (Wildman–Crippen MR) is 82.5 cm³/mol. The van der Waals surface area contributed by atoms with Crippen molar-refractivity contribution in [2.24, 2.45) is 0 Å². The summed E-state index contributed by atoms with van der Waals surface area (Å²) < 4.78 is 7.51. The number of para-hydroxylation sites is 2. The summed E-state index contributed by atoms with van der Waals surface area (Å²) in [6, 6.07) is 20.1. The monoisotopic (exact) mass is 275 g/mol. The summed E-state index contributed by atoms with van der Waals surface area (Å²) in [4.78, 5) is 0. The van der Waals surface area contributed by atoms with E-state index in [2.05, 4.69) is 32.8 Å². The van der Waals surface area contributed by atoms with Gasteiger partial charge in [-0.1, -0.05) is 30.3 Å². The van der Waals surface area contributed by atoms with Crippen LogP contribution in [0.2, 0.25) is 0 Å². The molecule has 0 spiro atoms. The van der Waals surface area contributed by atoms with Crippen molar-refractivity contribution < 1.29 is 4.74 Å². The number of aromatic nitrogens is 3. The number of rotatable bonds is 2. The molecule has 102 valence electrons. The smallest absolute Gasteiger partial charge is 0.172 e. The summed E-state index contributed by atoms with van der Waals surface area (Å²) in [5, 5.41) is 9.79. The van der Waals surface area contributed by atoms with Crippen molar-refractivity contribution in [2.45, 2.75) is 0 Å². The van der Waals surface area contributed by atoms with E-state index in [1.807, 2.05) is 42.5 Å². The molecular weight excluding hydrogens is 262 g/mol. The molecule has 0 fully saturated rings. The molecule has 2 aromatic carbocycles. The highest BCUT2D eigenvalue weighted by atomic mass is 16.5. The van der Waals surface area contributed by atoms with Crippen molar-refractivity contribution in [1.82, 2.24) is 14.6 Å². The van der Waals surface area contributed by atoms with Gasteiger partial charge in [-0.2, -0.15) is 0 Å². The van der Waals surface area contributed by atoms with Crippen molar-refractivity contribution in [3.8, 4) is 17.1 Å². The van der Waals surface area contributed by atoms with Crippen molar-refractivity contribution >= 4 is 16.6 Å². The lowest BCUT2D eigenvalue weighted by atomic mass is 10.1. The third kappa shape index (κ3) is 1.76. The average molecular weight is 275 g/mol. The second-order valence-electron chi connectivity index (χ2n) is 4.81. The van der Waals surface area contributed by atoms with E-state index in [0.29, 0.717) is 0 Å². The van der Waals surface area contributed by atoms with Gasteiger partial charge in [0.1, 0.15) is 5.75 Å². The molecule has 0 aliphatic carbocycles. The number of fused-ring (bicyclic) bond motifs is 3. The molecule has 2 aromatic heterocycles. The normalized spacial score (nSPS) is 11.1. The molecule has 21 heavy (non-hydrogen) atoms. The number of ether oxygens (including phenoxy) is 1. The second-order valence-corrected chi connectivity index (χ2v) is 4.81. The molecule has 0 unspecified atom stereocenters. The van der Waals surface area contributed by atoms with Gasteiger partial charge >= 0.3 is 0 Å². The van der Waals surface area contributed by atoms with Crippen LogP contribution in [0, 0.1) is 0 Å². The average Bonchev–Trinajstić information content (AvgIpc) is 2.99. The van der Waals surface area contributed by atoms with Crippen molar-refractivity contribution in [3.63, 3.8) is 0 Å². The molecule has 0 saturated carbocycles. The number of benzene rings is 2. The molecule has 0 bridgehead atoms. The van der Waals surface area contributed by atoms with Gasteiger partial charge in [-0.15, -0.1) is 10.2 Å². The summed E-state index contributed by atoms with van der Waals surface area (Å²) in [7, 11) is 1.67. The van der Waals surface area contributed by atoms with E-state index in [1.165, 1.54) is 0 Å². The molecule has 4 nitrogen and oxygen atoms in total. The summed E-state index contributed by atoms with van der Waals surface area (Å²) in [5.74, 6) is 1.58. The first kappa shape index (κ1) is 11.9. The molecule has 4 rings (SSSR count). The molecule has 0 aliphatic heterocycles. The quantitative estimate of drug-likeness (QED) is 0.561. The van der Waals surface area contributed by atoms with Crippen LogP contribution in [-0.2, 0) is 0 Å². The van der Waals surface area contributed by atoms with Crippen LogP contribution in [0.15, 0.2) is 60.7 Å². The lowest BCUT2D eigenvalue weighted by molar-refractivity contribution is 0.416. The van der Waals surface area contributed by atoms with Crippen LogP contribution in [0.5, 0.6) is 5.75 Å². The zero-order valence-corrected chi connectivity index (χ0v) is 11.5. The predicted octanol–water partition coefficient (Wildman–Crippen LogP) is 3.56. The minimum atomic E-state index is 0.791. The Morgan fingerprint density at radius 1 is 0.857 bits per heavy atom. The minimum absolute atomic E-state index is 0.791. The molecule has 0 amide bonds. The van der Waals surface area contributed by atoms with Gasteiger partial charge in [0.05, 0.1) is 18.2 Å². The van der Waals surface area contributed by atoms with Gasteiger partial charge in [0, 0.05) is 0 Å². The summed E-state index contributed by atoms with van der Waals surface area (Å²) in [5.41, 5.74) is 2.85. The summed E-state index contributed by atoms with van der Waals surface area (Å²) in [6.45, 7) is 0. The number of methoxy groups -OCH3 is 1. The Morgan fingerprint density at radius 3 is 2.57 bits per heavy atom. The van der Waals surface area contributed by atoms with E-state index in [1.54, 1.807) is 7.11 Å². The Kier molecular flexibility index (Phi) is 2.60. The van der Waals surface area contributed by atoms with Gasteiger partial charge in [0.15, 0.2) is 11.5 Å². The van der Waals surface area contributed by atoms with Crippen LogP contribution >= 0.6 is 0 Å². The second kappa shape index (κ2) is 4.59. The number of nitrogens with zero attached hydrogens (tertiary/aromatic N) is 3. The van der Waals surface area contributed by atoms with Gasteiger partial charge < -0.3 is 4.74 Å². The zero-order valence-electron chi connectivity index (χ0n) is 11.5. The van der Waals surface area contributed by atoms with Crippen LogP contribution in [-0.4, -0.2) is 21.7 Å². The summed E-state index contributed by atoms with van der Waals surface area (Å²) in [6.07, 6.45) is 0. The molecule has 0 aliphatic rings. The highest BCUT2D eigenvalue weighted by molar-refractivity contribution is 5.84. The SMILES string of the molecule is COc1ccccc1-c1nnc2ccc3ccccc3n12. The molecular formula is C17H13N3O. The first-order valence-corrected chi connectivity index (χ1v) is 6.75. The van der Waals surface area contributed by atoms with Crippen molar-refractivity contribution in [1.29, 1.82) is 0 Å². The first-order valence-electron chi connectivity index (χ1n) is 6.75. The highest BCUT2D eigenvalue weighted by Gasteiger charge is 2.14. The highest BCUT2D eigenvalue weighted by Crippen LogP contribution is 2.30.